The first kappa shape index (κ1) is 32.7. The molecule has 1 aromatic carbocycles. The Morgan fingerprint density at radius 3 is 1.33 bits per heavy atom. The molecule has 0 bridgehead atoms. The molecular weight excluding hydrogens is 608 g/mol. The molecule has 0 radical (unpaired) electrons. The van der Waals surface area contributed by atoms with E-state index in [2.05, 4.69) is 63.9 Å². The van der Waals surface area contributed by atoms with Gasteiger partial charge < -0.3 is 0 Å². The van der Waals surface area contributed by atoms with Crippen LogP contribution in [0.25, 0.3) is 11.6 Å². The fourth-order valence-corrected chi connectivity index (χ4v) is 5.06. The summed E-state index contributed by atoms with van der Waals surface area (Å²) in [6, 6.07) is 15.8. The Morgan fingerprint density at radius 2 is 1.00 bits per heavy atom. The average molecular weight is 642 g/mol. The molecule has 7 nitrogen and oxygen atoms in total. The number of rotatable bonds is 8. The minimum absolute atomic E-state index is 0.0287. The van der Waals surface area contributed by atoms with Crippen LogP contribution >= 0.6 is 0 Å². The Balaban J connectivity index is 1.76. The van der Waals surface area contributed by atoms with Crippen molar-refractivity contribution in [2.75, 3.05) is 4.90 Å². The first-order chi connectivity index (χ1) is 21.5. The lowest BCUT2D eigenvalue weighted by Gasteiger charge is -2.32. The van der Waals surface area contributed by atoms with E-state index in [1.54, 1.807) is 29.2 Å². The van der Waals surface area contributed by atoms with Gasteiger partial charge in [-0.3, -0.25) is 4.90 Å². The van der Waals surface area contributed by atoms with Gasteiger partial charge in [-0.1, -0.05) is 65.8 Å². The second kappa shape index (κ2) is 12.3. The summed E-state index contributed by atoms with van der Waals surface area (Å²) in [5.41, 5.74) is 1.75. The quantitative estimate of drug-likeness (QED) is 0.158. The molecule has 13 heteroatoms. The van der Waals surface area contributed by atoms with E-state index < -0.39 is 23.7 Å². The normalized spacial score (nSPS) is 12.5. The lowest BCUT2D eigenvalue weighted by Crippen LogP contribution is -2.20. The van der Waals surface area contributed by atoms with Gasteiger partial charge in [0.05, 0.1) is 5.69 Å². The Hall–Kier alpha value is -4.68. The monoisotopic (exact) mass is 641 g/mol. The zero-order valence-electron chi connectivity index (χ0n) is 26.1. The fourth-order valence-electron chi connectivity index (χ4n) is 5.06. The van der Waals surface area contributed by atoms with Crippen molar-refractivity contribution >= 4 is 17.3 Å². The molecule has 0 spiro atoms. The summed E-state index contributed by atoms with van der Waals surface area (Å²) in [5, 5.41) is 7.38. The van der Waals surface area contributed by atoms with Crippen LogP contribution in [-0.4, -0.2) is 29.5 Å². The minimum Gasteiger partial charge on any atom is -0.278 e. The molecule has 0 amide bonds. The molecule has 0 saturated carbocycles. The second-order valence-electron chi connectivity index (χ2n) is 11.8. The third-order valence-electron chi connectivity index (χ3n) is 7.45. The van der Waals surface area contributed by atoms with E-state index in [1.165, 1.54) is 24.5 Å². The highest BCUT2D eigenvalue weighted by Gasteiger charge is 2.35. The molecular formula is C33H33F6N7. The SMILES string of the molecule is CC(C)c1cc(C(C)C)c(N(c2cccc(-n3ccc(C(F)(F)F)n3)n2)c2cccc(-n3ccc(C(F)(F)F)n3)n2)c(C(C)C)c1. The molecule has 242 valence electrons. The van der Waals surface area contributed by atoms with Crippen molar-refractivity contribution in [3.8, 4) is 11.6 Å². The predicted octanol–water partition coefficient (Wildman–Crippen LogP) is 9.73. The van der Waals surface area contributed by atoms with Gasteiger partial charge in [-0.2, -0.15) is 36.5 Å². The first-order valence-electron chi connectivity index (χ1n) is 14.7. The molecule has 5 rings (SSSR count). The molecule has 0 atom stereocenters. The molecule has 4 aromatic heterocycles. The standard InChI is InChI=1S/C33H33F6N7/c1-19(2)22-17-23(20(3)4)31(24(18-22)21(5)6)46(29-11-7-9-27(40-29)44-15-13-25(42-44)32(34,35)36)30-12-8-10-28(41-30)45-16-14-26(43-45)33(37,38)39/h7-21H,1-6H3. The second-order valence-corrected chi connectivity index (χ2v) is 11.8. The number of nitrogens with zero attached hydrogens (tertiary/aromatic N) is 7. The number of halogens is 6. The third kappa shape index (κ3) is 6.63. The highest BCUT2D eigenvalue weighted by atomic mass is 19.4. The minimum atomic E-state index is -4.63. The van der Waals surface area contributed by atoms with Crippen LogP contribution in [0.2, 0.25) is 0 Å². The number of aromatic nitrogens is 6. The van der Waals surface area contributed by atoms with Crippen LogP contribution in [0.1, 0.15) is 87.4 Å². The van der Waals surface area contributed by atoms with Crippen molar-refractivity contribution in [3.05, 3.63) is 101 Å². The smallest absolute Gasteiger partial charge is 0.278 e. The van der Waals surface area contributed by atoms with Crippen molar-refractivity contribution in [2.45, 2.75) is 71.6 Å². The van der Waals surface area contributed by atoms with Crippen LogP contribution in [0.15, 0.2) is 73.1 Å². The molecule has 0 aliphatic heterocycles. The lowest BCUT2D eigenvalue weighted by atomic mass is 9.86. The van der Waals surface area contributed by atoms with E-state index in [-0.39, 0.29) is 29.4 Å². The summed E-state index contributed by atoms with van der Waals surface area (Å²) in [5.74, 6) is 1.19. The van der Waals surface area contributed by atoms with Crippen LogP contribution in [0, 0.1) is 0 Å². The van der Waals surface area contributed by atoms with Gasteiger partial charge in [0.25, 0.3) is 0 Å². The zero-order chi connectivity index (χ0) is 33.6. The van der Waals surface area contributed by atoms with Gasteiger partial charge in [0.15, 0.2) is 23.0 Å². The highest BCUT2D eigenvalue weighted by molar-refractivity contribution is 5.79. The van der Waals surface area contributed by atoms with Gasteiger partial charge in [-0.25, -0.2) is 19.3 Å². The van der Waals surface area contributed by atoms with Crippen LogP contribution < -0.4 is 4.90 Å². The largest absolute Gasteiger partial charge is 0.435 e. The van der Waals surface area contributed by atoms with Crippen LogP contribution in [0.3, 0.4) is 0 Å². The molecule has 4 heterocycles. The maximum Gasteiger partial charge on any atom is 0.435 e. The maximum atomic E-state index is 13.4. The summed E-state index contributed by atoms with van der Waals surface area (Å²) in [7, 11) is 0. The summed E-state index contributed by atoms with van der Waals surface area (Å²) < 4.78 is 82.2. The fraction of sp³-hybridized carbons (Fsp3) is 0.333. The predicted molar refractivity (Wildman–Crippen MR) is 163 cm³/mol. The van der Waals surface area contributed by atoms with Gasteiger partial charge >= 0.3 is 12.4 Å². The van der Waals surface area contributed by atoms with Gasteiger partial charge in [0, 0.05) is 12.4 Å². The molecule has 0 fully saturated rings. The first-order valence-corrected chi connectivity index (χ1v) is 14.7. The number of hydrogen-bond donors (Lipinski definition) is 0. The van der Waals surface area contributed by atoms with Crippen molar-refractivity contribution < 1.29 is 26.3 Å². The van der Waals surface area contributed by atoms with E-state index in [0.29, 0.717) is 11.6 Å². The van der Waals surface area contributed by atoms with Crippen LogP contribution in [0.5, 0.6) is 0 Å². The van der Waals surface area contributed by atoms with Gasteiger partial charge in [-0.05, 0) is 70.8 Å². The van der Waals surface area contributed by atoms with E-state index in [4.69, 9.17) is 9.97 Å². The number of hydrogen-bond acceptors (Lipinski definition) is 5. The maximum absolute atomic E-state index is 13.4. The Kier molecular flexibility index (Phi) is 8.71. The van der Waals surface area contributed by atoms with E-state index in [9.17, 15) is 26.3 Å². The topological polar surface area (TPSA) is 64.7 Å². The number of benzene rings is 1. The summed E-state index contributed by atoms with van der Waals surface area (Å²) in [6.07, 6.45) is -6.89. The van der Waals surface area contributed by atoms with Gasteiger partial charge in [0.2, 0.25) is 0 Å². The van der Waals surface area contributed by atoms with Crippen LogP contribution in [0.4, 0.5) is 43.7 Å². The molecule has 5 aromatic rings. The molecule has 0 N–H and O–H groups in total. The number of pyridine rings is 2. The molecule has 0 aliphatic rings. The Labute approximate surface area is 262 Å². The molecule has 46 heavy (non-hydrogen) atoms. The summed E-state index contributed by atoms with van der Waals surface area (Å²) >= 11 is 0. The van der Waals surface area contributed by atoms with E-state index >= 15 is 0 Å². The van der Waals surface area contributed by atoms with E-state index in [0.717, 1.165) is 43.9 Å². The van der Waals surface area contributed by atoms with Crippen molar-refractivity contribution in [1.29, 1.82) is 0 Å². The van der Waals surface area contributed by atoms with Crippen molar-refractivity contribution in [2.24, 2.45) is 0 Å². The summed E-state index contributed by atoms with van der Waals surface area (Å²) in [4.78, 5) is 11.3. The summed E-state index contributed by atoms with van der Waals surface area (Å²) in [6.45, 7) is 12.5. The van der Waals surface area contributed by atoms with Crippen LogP contribution in [-0.2, 0) is 12.4 Å². The average Bonchev–Trinajstić information content (AvgIpc) is 3.69. The Bertz CT molecular complexity index is 1710. The van der Waals surface area contributed by atoms with Crippen molar-refractivity contribution in [3.63, 3.8) is 0 Å². The molecule has 0 aliphatic carbocycles. The molecule has 0 saturated heterocycles. The number of anilines is 3. The van der Waals surface area contributed by atoms with Gasteiger partial charge in [-0.15, -0.1) is 0 Å². The van der Waals surface area contributed by atoms with Crippen molar-refractivity contribution in [1.82, 2.24) is 29.5 Å². The highest BCUT2D eigenvalue weighted by Crippen LogP contribution is 2.44. The lowest BCUT2D eigenvalue weighted by molar-refractivity contribution is -0.142. The molecule has 0 unspecified atom stereocenters. The third-order valence-corrected chi connectivity index (χ3v) is 7.45. The Morgan fingerprint density at radius 1 is 0.587 bits per heavy atom. The zero-order valence-corrected chi connectivity index (χ0v) is 26.1. The number of alkyl halides is 6. The van der Waals surface area contributed by atoms with Gasteiger partial charge in [0.1, 0.15) is 11.6 Å². The van der Waals surface area contributed by atoms with E-state index in [1.807, 2.05) is 0 Å².